The van der Waals surface area contributed by atoms with Crippen molar-refractivity contribution in [3.63, 3.8) is 0 Å². The van der Waals surface area contributed by atoms with Crippen molar-refractivity contribution < 1.29 is 25.0 Å². The van der Waals surface area contributed by atoms with Crippen molar-refractivity contribution in [2.75, 3.05) is 0 Å². The van der Waals surface area contributed by atoms with E-state index in [1.54, 1.807) is 24.3 Å². The van der Waals surface area contributed by atoms with Crippen molar-refractivity contribution in [2.24, 2.45) is 0 Å². The second-order valence-electron chi connectivity index (χ2n) is 6.48. The van der Waals surface area contributed by atoms with Gasteiger partial charge in [-0.25, -0.2) is 14.8 Å². The predicted molar refractivity (Wildman–Crippen MR) is 113 cm³/mol. The Bertz CT molecular complexity index is 1400. The molecule has 0 aliphatic heterocycles. The highest BCUT2D eigenvalue weighted by Gasteiger charge is 2.15. The summed E-state index contributed by atoms with van der Waals surface area (Å²) in [6.07, 6.45) is -0.0410. The molecule has 0 unspecified atom stereocenters. The molecule has 0 amide bonds. The summed E-state index contributed by atoms with van der Waals surface area (Å²) in [5.41, 5.74) is 2.30. The topological polar surface area (TPSA) is 118 Å². The summed E-state index contributed by atoms with van der Waals surface area (Å²) in [6, 6.07) is 12.9. The van der Waals surface area contributed by atoms with E-state index in [4.69, 9.17) is 4.84 Å². The van der Waals surface area contributed by atoms with E-state index in [9.17, 15) is 20.1 Å². The molecule has 0 aliphatic rings. The molecule has 0 saturated carbocycles. The number of hydrogen-bond donors (Lipinski definition) is 3. The van der Waals surface area contributed by atoms with E-state index in [1.165, 1.54) is 34.8 Å². The largest absolute Gasteiger partial charge is 0.508 e. The zero-order valence-electron chi connectivity index (χ0n) is 15.1. The number of thiazole rings is 2. The Morgan fingerprint density at radius 3 is 2.13 bits per heavy atom. The maximum Gasteiger partial charge on any atom is 0.337 e. The molecular weight excluding hydrogens is 426 g/mol. The molecule has 3 N–H and O–H groups in total. The van der Waals surface area contributed by atoms with Crippen LogP contribution in [-0.4, -0.2) is 36.0 Å². The Balaban J connectivity index is 1.40. The van der Waals surface area contributed by atoms with E-state index in [2.05, 4.69) is 9.97 Å². The molecular formula is C20H13N3O5S2. The van der Waals surface area contributed by atoms with Crippen molar-refractivity contribution in [2.45, 2.75) is 6.42 Å². The zero-order chi connectivity index (χ0) is 20.8. The molecule has 150 valence electrons. The molecule has 30 heavy (non-hydrogen) atoms. The van der Waals surface area contributed by atoms with E-state index < -0.39 is 5.97 Å². The van der Waals surface area contributed by atoms with Crippen LogP contribution in [0.2, 0.25) is 0 Å². The van der Waals surface area contributed by atoms with Gasteiger partial charge in [0, 0.05) is 12.1 Å². The Morgan fingerprint density at radius 1 is 0.867 bits per heavy atom. The number of hydrogen-bond acceptors (Lipinski definition) is 9. The van der Waals surface area contributed by atoms with Crippen LogP contribution in [0.4, 0.5) is 0 Å². The van der Waals surface area contributed by atoms with Crippen molar-refractivity contribution in [3.8, 4) is 27.5 Å². The molecule has 0 bridgehead atoms. The van der Waals surface area contributed by atoms with Crippen LogP contribution < -0.4 is 4.84 Å². The summed E-state index contributed by atoms with van der Waals surface area (Å²) < 4.78 is 2.43. The van der Waals surface area contributed by atoms with Gasteiger partial charge in [-0.05, 0) is 35.9 Å². The highest BCUT2D eigenvalue weighted by Crippen LogP contribution is 2.36. The second kappa shape index (κ2) is 7.01. The number of phenols is 1. The third kappa shape index (κ3) is 3.31. The summed E-state index contributed by atoms with van der Waals surface area (Å²) in [4.78, 5) is 26.4. The number of nitrogens with zero attached hydrogens (tertiary/aromatic N) is 3. The smallest absolute Gasteiger partial charge is 0.337 e. The normalized spacial score (nSPS) is 11.3. The summed E-state index contributed by atoms with van der Waals surface area (Å²) in [5, 5.41) is 30.3. The van der Waals surface area contributed by atoms with Crippen molar-refractivity contribution >= 4 is 49.1 Å². The maximum absolute atomic E-state index is 12.2. The fraction of sp³-hybridized carbons (Fsp3) is 0.0500. The Kier molecular flexibility index (Phi) is 4.30. The quantitative estimate of drug-likeness (QED) is 0.391. The fourth-order valence-corrected chi connectivity index (χ4v) is 5.02. The number of carbonyl (C=O) groups excluding carboxylic acids is 1. The van der Waals surface area contributed by atoms with E-state index in [-0.39, 0.29) is 23.9 Å². The SMILES string of the molecule is O=C(Cc1ccc2nc(-c3nc4ccc(O)cc4s3)sc2c1)On1c(O)ccc1O. The molecule has 0 spiro atoms. The molecule has 0 fully saturated rings. The summed E-state index contributed by atoms with van der Waals surface area (Å²) >= 11 is 2.91. The molecule has 3 aromatic heterocycles. The molecule has 10 heteroatoms. The molecule has 3 heterocycles. The van der Waals surface area contributed by atoms with Crippen LogP contribution in [0, 0.1) is 0 Å². The molecule has 0 radical (unpaired) electrons. The van der Waals surface area contributed by atoms with Gasteiger partial charge in [-0.1, -0.05) is 6.07 Å². The number of carbonyl (C=O) groups is 1. The Labute approximate surface area is 176 Å². The van der Waals surface area contributed by atoms with E-state index in [1.807, 2.05) is 12.1 Å². The van der Waals surface area contributed by atoms with Crippen LogP contribution in [0.1, 0.15) is 5.56 Å². The third-order valence-corrected chi connectivity index (χ3v) is 6.53. The molecule has 0 saturated heterocycles. The van der Waals surface area contributed by atoms with Gasteiger partial charge in [-0.3, -0.25) is 0 Å². The minimum Gasteiger partial charge on any atom is -0.508 e. The monoisotopic (exact) mass is 439 g/mol. The predicted octanol–water partition coefficient (Wildman–Crippen LogP) is 3.69. The lowest BCUT2D eigenvalue weighted by molar-refractivity contribution is -0.144. The summed E-state index contributed by atoms with van der Waals surface area (Å²) in [5.74, 6) is -1.17. The number of benzene rings is 2. The highest BCUT2D eigenvalue weighted by atomic mass is 32.1. The third-order valence-electron chi connectivity index (χ3n) is 4.35. The zero-order valence-corrected chi connectivity index (χ0v) is 16.8. The first-order valence-electron chi connectivity index (χ1n) is 8.76. The van der Waals surface area contributed by atoms with Gasteiger partial charge in [0.15, 0.2) is 10.0 Å². The van der Waals surface area contributed by atoms with Gasteiger partial charge < -0.3 is 20.2 Å². The Hall–Kier alpha value is -3.63. The molecule has 0 atom stereocenters. The highest BCUT2D eigenvalue weighted by molar-refractivity contribution is 7.27. The summed E-state index contributed by atoms with van der Waals surface area (Å²) in [7, 11) is 0. The number of fused-ring (bicyclic) bond motifs is 2. The van der Waals surface area contributed by atoms with Gasteiger partial charge in [0.05, 0.1) is 26.9 Å². The van der Waals surface area contributed by atoms with Crippen molar-refractivity contribution in [3.05, 3.63) is 54.1 Å². The fourth-order valence-electron chi connectivity index (χ4n) is 2.97. The number of aromatic hydroxyl groups is 3. The van der Waals surface area contributed by atoms with Crippen LogP contribution in [0.25, 0.3) is 30.4 Å². The molecule has 5 rings (SSSR count). The van der Waals surface area contributed by atoms with Gasteiger partial charge in [-0.2, -0.15) is 0 Å². The van der Waals surface area contributed by atoms with Crippen LogP contribution in [0.15, 0.2) is 48.5 Å². The van der Waals surface area contributed by atoms with E-state index >= 15 is 0 Å². The standard InChI is InChI=1S/C20H13N3O5S2/c24-11-2-4-13-15(9-11)30-20(22-13)19-21-12-3-1-10(7-14(12)29-19)8-18(27)28-23-16(25)5-6-17(23)26/h1-7,9,24-26H,8H2. The van der Waals surface area contributed by atoms with Crippen LogP contribution in [0.5, 0.6) is 17.5 Å². The minimum absolute atomic E-state index is 0.0410. The van der Waals surface area contributed by atoms with Gasteiger partial charge in [-0.15, -0.1) is 27.4 Å². The lowest BCUT2D eigenvalue weighted by Crippen LogP contribution is -2.20. The second-order valence-corrected chi connectivity index (χ2v) is 8.54. The van der Waals surface area contributed by atoms with E-state index in [0.717, 1.165) is 30.4 Å². The lowest BCUT2D eigenvalue weighted by Gasteiger charge is -2.06. The molecule has 5 aromatic rings. The first-order chi connectivity index (χ1) is 14.5. The van der Waals surface area contributed by atoms with Gasteiger partial charge in [0.2, 0.25) is 11.8 Å². The number of aromatic nitrogens is 3. The van der Waals surface area contributed by atoms with Crippen LogP contribution in [-0.2, 0) is 11.2 Å². The van der Waals surface area contributed by atoms with Crippen molar-refractivity contribution in [1.82, 2.24) is 14.7 Å². The molecule has 8 nitrogen and oxygen atoms in total. The van der Waals surface area contributed by atoms with Crippen LogP contribution >= 0.6 is 22.7 Å². The first kappa shape index (κ1) is 18.4. The summed E-state index contributed by atoms with van der Waals surface area (Å²) in [6.45, 7) is 0. The number of phenolic OH excluding ortho intramolecular Hbond substituents is 1. The van der Waals surface area contributed by atoms with Crippen LogP contribution in [0.3, 0.4) is 0 Å². The van der Waals surface area contributed by atoms with E-state index in [0.29, 0.717) is 10.3 Å². The molecule has 2 aromatic carbocycles. The van der Waals surface area contributed by atoms with Gasteiger partial charge in [0.25, 0.3) is 0 Å². The minimum atomic E-state index is -0.633. The average Bonchev–Trinajstić information content (AvgIpc) is 3.40. The Morgan fingerprint density at radius 2 is 1.47 bits per heavy atom. The average molecular weight is 439 g/mol. The van der Waals surface area contributed by atoms with Gasteiger partial charge in [0.1, 0.15) is 5.75 Å². The van der Waals surface area contributed by atoms with Gasteiger partial charge >= 0.3 is 5.97 Å². The molecule has 0 aliphatic carbocycles. The lowest BCUT2D eigenvalue weighted by atomic mass is 10.1. The maximum atomic E-state index is 12.2. The van der Waals surface area contributed by atoms with Crippen molar-refractivity contribution in [1.29, 1.82) is 0 Å². The first-order valence-corrected chi connectivity index (χ1v) is 10.4. The number of rotatable bonds is 4.